The molecule has 1 aromatic rings. The van der Waals surface area contributed by atoms with Gasteiger partial charge in [0, 0.05) is 12.7 Å². The summed E-state index contributed by atoms with van der Waals surface area (Å²) in [7, 11) is 0. The van der Waals surface area contributed by atoms with Crippen molar-refractivity contribution in [3.05, 3.63) is 42.1 Å². The number of nitrogens with two attached hydrogens (primary N) is 2. The molecule has 5 N–H and O–H groups in total. The molecule has 0 fully saturated rings. The smallest absolute Gasteiger partial charge is 0.225 e. The van der Waals surface area contributed by atoms with Crippen molar-refractivity contribution in [1.29, 1.82) is 0 Å². The molecular formula is C14H21N5. The Kier molecular flexibility index (Phi) is 6.79. The van der Waals surface area contributed by atoms with Gasteiger partial charge in [-0.1, -0.05) is 43.7 Å². The van der Waals surface area contributed by atoms with Crippen LogP contribution in [0.4, 0.5) is 0 Å². The number of rotatable bonds is 5. The number of unbranched alkanes of at least 4 members (excludes halogenated alkanes) is 1. The molecule has 0 aliphatic rings. The van der Waals surface area contributed by atoms with E-state index in [1.54, 1.807) is 6.20 Å². The first-order valence-electron chi connectivity index (χ1n) is 6.34. The number of hydrogen-bond acceptors (Lipinski definition) is 1. The summed E-state index contributed by atoms with van der Waals surface area (Å²) in [6, 6.07) is 9.94. The van der Waals surface area contributed by atoms with Crippen molar-refractivity contribution >= 4 is 18.0 Å². The molecule has 0 bridgehead atoms. The highest BCUT2D eigenvalue weighted by atomic mass is 15.2. The summed E-state index contributed by atoms with van der Waals surface area (Å²) in [5, 5.41) is 2.98. The standard InChI is InChI=1S/C14H21N5/c1-2-3-10-17-14(19-13(15)16)18-11-9-12-7-5-4-6-8-12/h4-9,11H,2-3,10H2,1H3,(H5,15,16,17,18,19). The maximum Gasteiger partial charge on any atom is 0.225 e. The maximum atomic E-state index is 5.36. The molecule has 0 aliphatic carbocycles. The number of benzene rings is 1. The molecule has 0 heterocycles. The second-order valence-corrected chi connectivity index (χ2v) is 3.98. The zero-order chi connectivity index (χ0) is 13.9. The van der Waals surface area contributed by atoms with E-state index in [1.165, 1.54) is 0 Å². The Bertz CT molecular complexity index is 444. The lowest BCUT2D eigenvalue weighted by Gasteiger charge is -2.01. The number of nitrogens with zero attached hydrogens (tertiary/aromatic N) is 2. The third kappa shape index (κ3) is 6.88. The van der Waals surface area contributed by atoms with E-state index in [9.17, 15) is 0 Å². The molecule has 0 radical (unpaired) electrons. The first-order chi connectivity index (χ1) is 9.22. The van der Waals surface area contributed by atoms with Crippen LogP contribution in [0.1, 0.15) is 25.3 Å². The summed E-state index contributed by atoms with van der Waals surface area (Å²) in [5.74, 6) is 0.427. The summed E-state index contributed by atoms with van der Waals surface area (Å²) < 4.78 is 0. The monoisotopic (exact) mass is 259 g/mol. The van der Waals surface area contributed by atoms with Crippen LogP contribution in [0.3, 0.4) is 0 Å². The van der Waals surface area contributed by atoms with E-state index in [1.807, 2.05) is 36.4 Å². The number of hydrogen-bond donors (Lipinski definition) is 3. The van der Waals surface area contributed by atoms with Crippen molar-refractivity contribution in [1.82, 2.24) is 5.32 Å². The Labute approximate surface area is 114 Å². The minimum Gasteiger partial charge on any atom is -0.370 e. The van der Waals surface area contributed by atoms with Crippen LogP contribution in [-0.2, 0) is 0 Å². The Hall–Kier alpha value is -2.30. The molecule has 102 valence electrons. The predicted octanol–water partition coefficient (Wildman–Crippen LogP) is 1.68. The molecular weight excluding hydrogens is 238 g/mol. The average molecular weight is 259 g/mol. The molecule has 19 heavy (non-hydrogen) atoms. The molecule has 0 spiro atoms. The largest absolute Gasteiger partial charge is 0.370 e. The highest BCUT2D eigenvalue weighted by Crippen LogP contribution is 1.99. The van der Waals surface area contributed by atoms with Crippen LogP contribution in [-0.4, -0.2) is 18.5 Å². The van der Waals surface area contributed by atoms with Gasteiger partial charge in [0.1, 0.15) is 0 Å². The minimum absolute atomic E-state index is 0.00383. The van der Waals surface area contributed by atoms with Crippen LogP contribution in [0.15, 0.2) is 46.5 Å². The van der Waals surface area contributed by atoms with Gasteiger partial charge in [-0.3, -0.25) is 4.99 Å². The Balaban J connectivity index is 2.60. The van der Waals surface area contributed by atoms with Crippen molar-refractivity contribution in [3.63, 3.8) is 0 Å². The van der Waals surface area contributed by atoms with Crippen LogP contribution in [0.5, 0.6) is 0 Å². The maximum absolute atomic E-state index is 5.36. The van der Waals surface area contributed by atoms with E-state index in [-0.39, 0.29) is 5.96 Å². The van der Waals surface area contributed by atoms with E-state index < -0.39 is 0 Å². The molecule has 5 heteroatoms. The topological polar surface area (TPSA) is 88.8 Å². The highest BCUT2D eigenvalue weighted by Gasteiger charge is 1.93. The van der Waals surface area contributed by atoms with Gasteiger partial charge < -0.3 is 16.8 Å². The third-order valence-electron chi connectivity index (χ3n) is 2.30. The van der Waals surface area contributed by atoms with Crippen molar-refractivity contribution in [2.45, 2.75) is 19.8 Å². The normalized spacial score (nSPS) is 11.5. The first kappa shape index (κ1) is 14.8. The number of aliphatic imine (C=N–C) groups is 2. The quantitative estimate of drug-likeness (QED) is 0.427. The van der Waals surface area contributed by atoms with Crippen molar-refractivity contribution in [2.24, 2.45) is 21.5 Å². The van der Waals surface area contributed by atoms with E-state index in [0.29, 0.717) is 12.5 Å². The van der Waals surface area contributed by atoms with Crippen LogP contribution < -0.4 is 16.8 Å². The molecule has 1 rings (SSSR count). The summed E-state index contributed by atoms with van der Waals surface area (Å²) >= 11 is 0. The summed E-state index contributed by atoms with van der Waals surface area (Å²) in [6.45, 7) is 2.81. The molecule has 1 aromatic carbocycles. The Morgan fingerprint density at radius 2 is 2.00 bits per heavy atom. The summed E-state index contributed by atoms with van der Waals surface area (Å²) in [6.07, 6.45) is 5.79. The van der Waals surface area contributed by atoms with Crippen molar-refractivity contribution in [2.75, 3.05) is 6.54 Å². The molecule has 0 unspecified atom stereocenters. The van der Waals surface area contributed by atoms with Gasteiger partial charge in [-0.25, -0.2) is 0 Å². The van der Waals surface area contributed by atoms with E-state index in [0.717, 1.165) is 18.4 Å². The van der Waals surface area contributed by atoms with Gasteiger partial charge in [-0.15, -0.1) is 0 Å². The van der Waals surface area contributed by atoms with Crippen LogP contribution in [0.2, 0.25) is 0 Å². The van der Waals surface area contributed by atoms with Crippen LogP contribution in [0.25, 0.3) is 6.08 Å². The second kappa shape index (κ2) is 8.74. The van der Waals surface area contributed by atoms with Gasteiger partial charge in [0.15, 0.2) is 5.96 Å². The zero-order valence-electron chi connectivity index (χ0n) is 11.2. The molecule has 0 aromatic heterocycles. The number of guanidine groups is 2. The lowest BCUT2D eigenvalue weighted by Crippen LogP contribution is -2.27. The SMILES string of the molecule is CCCCN=C(N=C(N)N)NC=Cc1ccccc1. The molecule has 5 nitrogen and oxygen atoms in total. The molecule has 0 amide bonds. The summed E-state index contributed by atoms with van der Waals surface area (Å²) in [5.41, 5.74) is 11.8. The fraction of sp³-hybridized carbons (Fsp3) is 0.286. The molecule has 0 saturated carbocycles. The van der Waals surface area contributed by atoms with Gasteiger partial charge in [-0.05, 0) is 18.1 Å². The molecule has 0 atom stereocenters. The van der Waals surface area contributed by atoms with Gasteiger partial charge in [0.25, 0.3) is 0 Å². The Morgan fingerprint density at radius 3 is 2.63 bits per heavy atom. The van der Waals surface area contributed by atoms with E-state index in [2.05, 4.69) is 22.2 Å². The predicted molar refractivity (Wildman–Crippen MR) is 81.6 cm³/mol. The van der Waals surface area contributed by atoms with E-state index in [4.69, 9.17) is 11.5 Å². The third-order valence-corrected chi connectivity index (χ3v) is 2.30. The fourth-order valence-corrected chi connectivity index (χ4v) is 1.36. The van der Waals surface area contributed by atoms with Gasteiger partial charge in [-0.2, -0.15) is 4.99 Å². The van der Waals surface area contributed by atoms with Crippen LogP contribution >= 0.6 is 0 Å². The van der Waals surface area contributed by atoms with Crippen molar-refractivity contribution < 1.29 is 0 Å². The van der Waals surface area contributed by atoms with E-state index >= 15 is 0 Å². The van der Waals surface area contributed by atoms with Gasteiger partial charge in [0.05, 0.1) is 0 Å². The second-order valence-electron chi connectivity index (χ2n) is 3.98. The van der Waals surface area contributed by atoms with Crippen LogP contribution in [0, 0.1) is 0 Å². The zero-order valence-corrected chi connectivity index (χ0v) is 11.2. The fourth-order valence-electron chi connectivity index (χ4n) is 1.36. The first-order valence-corrected chi connectivity index (χ1v) is 6.34. The lowest BCUT2D eigenvalue weighted by molar-refractivity contribution is 0.804. The lowest BCUT2D eigenvalue weighted by atomic mass is 10.2. The number of nitrogens with one attached hydrogen (secondary N) is 1. The van der Waals surface area contributed by atoms with Gasteiger partial charge >= 0.3 is 0 Å². The highest BCUT2D eigenvalue weighted by molar-refractivity contribution is 5.94. The summed E-state index contributed by atoms with van der Waals surface area (Å²) in [4.78, 5) is 8.23. The van der Waals surface area contributed by atoms with Crippen molar-refractivity contribution in [3.8, 4) is 0 Å². The minimum atomic E-state index is -0.00383. The average Bonchev–Trinajstić information content (AvgIpc) is 2.39. The van der Waals surface area contributed by atoms with Gasteiger partial charge in [0.2, 0.25) is 5.96 Å². The molecule has 0 saturated heterocycles. The molecule has 0 aliphatic heterocycles. The Morgan fingerprint density at radius 1 is 1.26 bits per heavy atom.